The molecule has 1 aliphatic carbocycles. The molecule has 1 saturated heterocycles. The fourth-order valence-electron chi connectivity index (χ4n) is 3.61. The number of hydrogen-bond donors (Lipinski definition) is 1. The van der Waals surface area contributed by atoms with Crippen molar-refractivity contribution in [3.63, 3.8) is 0 Å². The van der Waals surface area contributed by atoms with Crippen LogP contribution in [0.1, 0.15) is 37.3 Å². The van der Waals surface area contributed by atoms with Crippen molar-refractivity contribution in [3.8, 4) is 11.5 Å². The summed E-state index contributed by atoms with van der Waals surface area (Å²) in [6.45, 7) is 1.18. The number of hydrogen-bond acceptors (Lipinski definition) is 5. The molecule has 0 radical (unpaired) electrons. The van der Waals surface area contributed by atoms with E-state index in [4.69, 9.17) is 9.47 Å². The molecule has 2 aliphatic rings. The van der Waals surface area contributed by atoms with Gasteiger partial charge in [-0.3, -0.25) is 14.5 Å². The summed E-state index contributed by atoms with van der Waals surface area (Å²) >= 11 is 0. The largest absolute Gasteiger partial charge is 0.497 e. The maximum atomic E-state index is 12.9. The van der Waals surface area contributed by atoms with Gasteiger partial charge in [-0.2, -0.15) is 0 Å². The third-order valence-corrected chi connectivity index (χ3v) is 5.13. The highest BCUT2D eigenvalue weighted by molar-refractivity contribution is 5.82. The second-order valence-corrected chi connectivity index (χ2v) is 7.37. The number of methoxy groups -OCH3 is 2. The quantitative estimate of drug-likeness (QED) is 0.747. The first-order chi connectivity index (χ1) is 13.0. The zero-order valence-corrected chi connectivity index (χ0v) is 16.4. The lowest BCUT2D eigenvalue weighted by Crippen LogP contribution is -2.42. The van der Waals surface area contributed by atoms with Crippen molar-refractivity contribution in [3.05, 3.63) is 23.8 Å². The molecule has 7 heteroatoms. The highest BCUT2D eigenvalue weighted by atomic mass is 16.5. The molecule has 0 unspecified atom stereocenters. The molecule has 27 heavy (non-hydrogen) atoms. The van der Waals surface area contributed by atoms with Gasteiger partial charge in [0.05, 0.1) is 33.4 Å². The molecule has 1 aromatic carbocycles. The van der Waals surface area contributed by atoms with Crippen LogP contribution in [0.15, 0.2) is 18.2 Å². The van der Waals surface area contributed by atoms with E-state index in [0.717, 1.165) is 42.7 Å². The number of rotatable bonds is 8. The molecule has 1 atom stereocenters. The van der Waals surface area contributed by atoms with Crippen LogP contribution in [0.4, 0.5) is 0 Å². The normalized spacial score (nSPS) is 19.3. The molecule has 1 aromatic rings. The number of likely N-dealkylation sites (N-methyl/N-ethyl adjacent to an activating group) is 1. The van der Waals surface area contributed by atoms with Crippen LogP contribution in [0.5, 0.6) is 11.5 Å². The fraction of sp³-hybridized carbons (Fsp3) is 0.600. The van der Waals surface area contributed by atoms with E-state index in [1.165, 1.54) is 0 Å². The van der Waals surface area contributed by atoms with E-state index in [1.54, 1.807) is 19.1 Å². The van der Waals surface area contributed by atoms with Gasteiger partial charge in [-0.1, -0.05) is 0 Å². The van der Waals surface area contributed by atoms with E-state index >= 15 is 0 Å². The molecule has 1 heterocycles. The Hall–Kier alpha value is -2.28. The van der Waals surface area contributed by atoms with Crippen molar-refractivity contribution in [2.75, 3.05) is 40.9 Å². The SMILES string of the molecule is COc1ccc(OC)c([C@H]2CCCN2C(=O)CN(C)CC(=O)NC2CC2)c1. The molecule has 2 amide bonds. The summed E-state index contributed by atoms with van der Waals surface area (Å²) in [7, 11) is 5.07. The Labute approximate surface area is 160 Å². The lowest BCUT2D eigenvalue weighted by atomic mass is 10.0. The van der Waals surface area contributed by atoms with E-state index in [9.17, 15) is 9.59 Å². The number of ether oxygens (including phenoxy) is 2. The van der Waals surface area contributed by atoms with E-state index < -0.39 is 0 Å². The monoisotopic (exact) mass is 375 g/mol. The summed E-state index contributed by atoms with van der Waals surface area (Å²) in [5.41, 5.74) is 0.969. The van der Waals surface area contributed by atoms with Crippen molar-refractivity contribution in [2.24, 2.45) is 0 Å². The Morgan fingerprint density at radius 2 is 1.96 bits per heavy atom. The summed E-state index contributed by atoms with van der Waals surface area (Å²) < 4.78 is 10.8. The van der Waals surface area contributed by atoms with Crippen LogP contribution >= 0.6 is 0 Å². The maximum absolute atomic E-state index is 12.9. The van der Waals surface area contributed by atoms with Gasteiger partial charge in [-0.05, 0) is 50.9 Å². The van der Waals surface area contributed by atoms with Crippen LogP contribution in [0.25, 0.3) is 0 Å². The van der Waals surface area contributed by atoms with Crippen molar-refractivity contribution < 1.29 is 19.1 Å². The second-order valence-electron chi connectivity index (χ2n) is 7.37. The molecule has 0 bridgehead atoms. The van der Waals surface area contributed by atoms with Crippen molar-refractivity contribution in [1.82, 2.24) is 15.1 Å². The predicted octanol–water partition coefficient (Wildman–Crippen LogP) is 1.58. The molecule has 0 aromatic heterocycles. The summed E-state index contributed by atoms with van der Waals surface area (Å²) in [6.07, 6.45) is 3.96. The number of carbonyl (C=O) groups is 2. The van der Waals surface area contributed by atoms with Crippen LogP contribution in [0, 0.1) is 0 Å². The zero-order chi connectivity index (χ0) is 19.4. The molecule has 1 aliphatic heterocycles. The number of likely N-dealkylation sites (tertiary alicyclic amines) is 1. The third-order valence-electron chi connectivity index (χ3n) is 5.13. The molecule has 148 valence electrons. The Morgan fingerprint density at radius 3 is 2.63 bits per heavy atom. The van der Waals surface area contributed by atoms with E-state index in [-0.39, 0.29) is 30.9 Å². The number of carbonyl (C=O) groups excluding carboxylic acids is 2. The van der Waals surface area contributed by atoms with Crippen LogP contribution in [0.3, 0.4) is 0 Å². The topological polar surface area (TPSA) is 71.1 Å². The van der Waals surface area contributed by atoms with Crippen LogP contribution in [-0.4, -0.2) is 68.6 Å². The molecular weight excluding hydrogens is 346 g/mol. The summed E-state index contributed by atoms with van der Waals surface area (Å²) in [5, 5.41) is 2.95. The standard InChI is InChI=1S/C20H29N3O4/c1-22(12-19(24)21-14-6-7-14)13-20(25)23-10-4-5-17(23)16-11-15(26-2)8-9-18(16)27-3/h8-9,11,14,17H,4-7,10,12-13H2,1-3H3,(H,21,24)/t17-/m1/s1. The molecule has 2 fully saturated rings. The highest BCUT2D eigenvalue weighted by Gasteiger charge is 2.32. The molecule has 7 nitrogen and oxygen atoms in total. The van der Waals surface area contributed by atoms with Gasteiger partial charge < -0.3 is 19.7 Å². The van der Waals surface area contributed by atoms with Crippen LogP contribution < -0.4 is 14.8 Å². The lowest BCUT2D eigenvalue weighted by Gasteiger charge is -2.28. The third kappa shape index (κ3) is 4.91. The van der Waals surface area contributed by atoms with Gasteiger partial charge in [0.25, 0.3) is 0 Å². The minimum atomic E-state index is -0.0313. The Bertz CT molecular complexity index is 690. The number of nitrogens with zero attached hydrogens (tertiary/aromatic N) is 2. The smallest absolute Gasteiger partial charge is 0.237 e. The average molecular weight is 375 g/mol. The number of nitrogens with one attached hydrogen (secondary N) is 1. The first kappa shape index (κ1) is 19.5. The minimum absolute atomic E-state index is 0.0137. The van der Waals surface area contributed by atoms with E-state index in [0.29, 0.717) is 12.6 Å². The Morgan fingerprint density at radius 1 is 1.19 bits per heavy atom. The lowest BCUT2D eigenvalue weighted by molar-refractivity contribution is -0.133. The second kappa shape index (κ2) is 8.61. The van der Waals surface area contributed by atoms with Crippen LogP contribution in [-0.2, 0) is 9.59 Å². The number of benzene rings is 1. The van der Waals surface area contributed by atoms with E-state index in [2.05, 4.69) is 5.32 Å². The van der Waals surface area contributed by atoms with Gasteiger partial charge in [0, 0.05) is 18.2 Å². The minimum Gasteiger partial charge on any atom is -0.497 e. The zero-order valence-electron chi connectivity index (χ0n) is 16.4. The van der Waals surface area contributed by atoms with Gasteiger partial charge in [0.1, 0.15) is 11.5 Å². The van der Waals surface area contributed by atoms with Gasteiger partial charge in [0.15, 0.2) is 0 Å². The average Bonchev–Trinajstić information content (AvgIpc) is 3.32. The molecule has 3 rings (SSSR count). The summed E-state index contributed by atoms with van der Waals surface area (Å²) in [5.74, 6) is 1.53. The molecular formula is C20H29N3O4. The van der Waals surface area contributed by atoms with Crippen molar-refractivity contribution in [2.45, 2.75) is 37.8 Å². The first-order valence-corrected chi connectivity index (χ1v) is 9.51. The molecule has 1 saturated carbocycles. The first-order valence-electron chi connectivity index (χ1n) is 9.51. The van der Waals surface area contributed by atoms with Crippen molar-refractivity contribution >= 4 is 11.8 Å². The van der Waals surface area contributed by atoms with Gasteiger partial charge >= 0.3 is 0 Å². The predicted molar refractivity (Wildman–Crippen MR) is 102 cm³/mol. The maximum Gasteiger partial charge on any atom is 0.237 e. The summed E-state index contributed by atoms with van der Waals surface area (Å²) in [4.78, 5) is 28.5. The fourth-order valence-corrected chi connectivity index (χ4v) is 3.61. The number of amides is 2. The van der Waals surface area contributed by atoms with Crippen molar-refractivity contribution in [1.29, 1.82) is 0 Å². The summed E-state index contributed by atoms with van der Waals surface area (Å²) in [6, 6.07) is 5.99. The Balaban J connectivity index is 1.64. The van der Waals surface area contributed by atoms with Gasteiger partial charge in [0.2, 0.25) is 11.8 Å². The Kier molecular flexibility index (Phi) is 6.21. The van der Waals surface area contributed by atoms with Gasteiger partial charge in [-0.25, -0.2) is 0 Å². The highest BCUT2D eigenvalue weighted by Crippen LogP contribution is 2.38. The molecule has 0 spiro atoms. The molecule has 1 N–H and O–H groups in total. The van der Waals surface area contributed by atoms with E-state index in [1.807, 2.05) is 30.1 Å². The van der Waals surface area contributed by atoms with Gasteiger partial charge in [-0.15, -0.1) is 0 Å². The van der Waals surface area contributed by atoms with Crippen LogP contribution in [0.2, 0.25) is 0 Å².